The number of rotatable bonds is 10. The van der Waals surface area contributed by atoms with Gasteiger partial charge >= 0.3 is 0 Å². The summed E-state index contributed by atoms with van der Waals surface area (Å²) in [4.78, 5) is 12.4. The van der Waals surface area contributed by atoms with Crippen LogP contribution in [-0.4, -0.2) is 38.4 Å². The van der Waals surface area contributed by atoms with Crippen molar-refractivity contribution < 1.29 is 19.0 Å². The maximum absolute atomic E-state index is 12.4. The average molecular weight is 335 g/mol. The number of carbonyl (C=O) groups is 1. The first-order chi connectivity index (χ1) is 11.7. The van der Waals surface area contributed by atoms with Crippen molar-refractivity contribution in [3.05, 3.63) is 29.3 Å². The van der Waals surface area contributed by atoms with Crippen molar-refractivity contribution in [2.45, 2.75) is 52.2 Å². The lowest BCUT2D eigenvalue weighted by atomic mass is 10.1. The first kappa shape index (κ1) is 18.7. The Morgan fingerprint density at radius 2 is 2.25 bits per heavy atom. The Balaban J connectivity index is 1.96. The molecule has 0 aromatic heterocycles. The number of hydrogen-bond donors (Lipinski definition) is 1. The molecule has 1 aromatic rings. The first-order valence-corrected chi connectivity index (χ1v) is 8.97. The molecule has 0 saturated carbocycles. The third kappa shape index (κ3) is 5.80. The van der Waals surface area contributed by atoms with Crippen LogP contribution in [0.15, 0.2) is 18.2 Å². The van der Waals surface area contributed by atoms with E-state index in [2.05, 4.69) is 12.2 Å². The quantitative estimate of drug-likeness (QED) is 0.667. The molecule has 2 rings (SSSR count). The highest BCUT2D eigenvalue weighted by Gasteiger charge is 2.17. The molecule has 5 heteroatoms. The fraction of sp³-hybridized carbons (Fsp3) is 0.632. The minimum atomic E-state index is -0.0802. The summed E-state index contributed by atoms with van der Waals surface area (Å²) in [5.74, 6) is 0.702. The molecule has 0 bridgehead atoms. The molecule has 0 spiro atoms. The van der Waals surface area contributed by atoms with Crippen LogP contribution in [0.1, 0.15) is 55.5 Å². The molecule has 1 aliphatic heterocycles. The first-order valence-electron chi connectivity index (χ1n) is 8.97. The van der Waals surface area contributed by atoms with E-state index in [1.807, 2.05) is 19.1 Å². The third-order valence-electron chi connectivity index (χ3n) is 4.04. The minimum Gasteiger partial charge on any atom is -0.494 e. The van der Waals surface area contributed by atoms with Crippen molar-refractivity contribution in [3.63, 3.8) is 0 Å². The van der Waals surface area contributed by atoms with Crippen LogP contribution in [0.25, 0.3) is 0 Å². The number of carbonyl (C=O) groups excluding carboxylic acids is 1. The lowest BCUT2D eigenvalue weighted by Gasteiger charge is -2.14. The van der Waals surface area contributed by atoms with Gasteiger partial charge in [0.25, 0.3) is 5.91 Å². The van der Waals surface area contributed by atoms with Crippen molar-refractivity contribution in [1.29, 1.82) is 0 Å². The van der Waals surface area contributed by atoms with Gasteiger partial charge in [0.15, 0.2) is 0 Å². The molecule has 24 heavy (non-hydrogen) atoms. The predicted molar refractivity (Wildman–Crippen MR) is 93.5 cm³/mol. The molecule has 1 aromatic carbocycles. The lowest BCUT2D eigenvalue weighted by molar-refractivity contribution is 0.0857. The van der Waals surface area contributed by atoms with Crippen molar-refractivity contribution in [1.82, 2.24) is 5.32 Å². The van der Waals surface area contributed by atoms with Crippen LogP contribution in [0.2, 0.25) is 0 Å². The van der Waals surface area contributed by atoms with E-state index >= 15 is 0 Å². The smallest absolute Gasteiger partial charge is 0.251 e. The van der Waals surface area contributed by atoms with E-state index in [0.717, 1.165) is 50.2 Å². The van der Waals surface area contributed by atoms with Gasteiger partial charge in [-0.15, -0.1) is 0 Å². The topological polar surface area (TPSA) is 56.8 Å². The SMILES string of the molecule is CCCCOCc1cc(C(=O)NC[C@@H]2CCCO2)ccc1OCC. The fourth-order valence-electron chi connectivity index (χ4n) is 2.67. The fourth-order valence-corrected chi connectivity index (χ4v) is 2.67. The van der Waals surface area contributed by atoms with Gasteiger partial charge in [0.2, 0.25) is 0 Å². The second kappa shape index (κ2) is 10.3. The normalized spacial score (nSPS) is 17.0. The Bertz CT molecular complexity index is 512. The van der Waals surface area contributed by atoms with Crippen LogP contribution >= 0.6 is 0 Å². The van der Waals surface area contributed by atoms with Gasteiger partial charge in [-0.25, -0.2) is 0 Å². The van der Waals surface area contributed by atoms with Crippen molar-refractivity contribution >= 4 is 5.91 Å². The van der Waals surface area contributed by atoms with Crippen LogP contribution in [0.4, 0.5) is 0 Å². The van der Waals surface area contributed by atoms with E-state index in [-0.39, 0.29) is 12.0 Å². The summed E-state index contributed by atoms with van der Waals surface area (Å²) in [5.41, 5.74) is 1.54. The summed E-state index contributed by atoms with van der Waals surface area (Å²) in [6.45, 7) is 7.21. The van der Waals surface area contributed by atoms with Crippen molar-refractivity contribution in [2.75, 3.05) is 26.4 Å². The maximum atomic E-state index is 12.4. The van der Waals surface area contributed by atoms with E-state index in [1.54, 1.807) is 6.07 Å². The standard InChI is InChI=1S/C19H29NO4/c1-3-5-10-22-14-16-12-15(8-9-18(16)23-4-2)19(21)20-13-17-7-6-11-24-17/h8-9,12,17H,3-7,10-11,13-14H2,1-2H3,(H,20,21)/t17-/m0/s1. The summed E-state index contributed by atoms with van der Waals surface area (Å²) >= 11 is 0. The Hall–Kier alpha value is -1.59. The van der Waals surface area contributed by atoms with E-state index in [9.17, 15) is 4.79 Å². The van der Waals surface area contributed by atoms with Crippen LogP contribution in [0.5, 0.6) is 5.75 Å². The molecule has 0 radical (unpaired) electrons. The molecule has 134 valence electrons. The second-order valence-corrected chi connectivity index (χ2v) is 6.01. The number of hydrogen-bond acceptors (Lipinski definition) is 4. The highest BCUT2D eigenvalue weighted by atomic mass is 16.5. The highest BCUT2D eigenvalue weighted by molar-refractivity contribution is 5.94. The van der Waals surface area contributed by atoms with E-state index in [1.165, 1.54) is 0 Å². The van der Waals surface area contributed by atoms with Gasteiger partial charge in [0.1, 0.15) is 5.75 Å². The summed E-state index contributed by atoms with van der Waals surface area (Å²) in [6, 6.07) is 5.51. The lowest BCUT2D eigenvalue weighted by Crippen LogP contribution is -2.31. The molecule has 0 aliphatic carbocycles. The summed E-state index contributed by atoms with van der Waals surface area (Å²) < 4.78 is 16.9. The Morgan fingerprint density at radius 3 is 2.96 bits per heavy atom. The van der Waals surface area contributed by atoms with Gasteiger partial charge in [-0.2, -0.15) is 0 Å². The molecule has 1 N–H and O–H groups in total. The number of ether oxygens (including phenoxy) is 3. The summed E-state index contributed by atoms with van der Waals surface area (Å²) in [6.07, 6.45) is 4.37. The number of benzene rings is 1. The molecular formula is C19H29NO4. The zero-order valence-corrected chi connectivity index (χ0v) is 14.8. The van der Waals surface area contributed by atoms with Gasteiger partial charge in [0.05, 0.1) is 19.3 Å². The molecule has 1 heterocycles. The second-order valence-electron chi connectivity index (χ2n) is 6.01. The number of unbranched alkanes of at least 4 members (excludes halogenated alkanes) is 1. The zero-order valence-electron chi connectivity index (χ0n) is 14.8. The van der Waals surface area contributed by atoms with Crippen LogP contribution in [-0.2, 0) is 16.1 Å². The van der Waals surface area contributed by atoms with E-state index in [0.29, 0.717) is 25.3 Å². The van der Waals surface area contributed by atoms with E-state index < -0.39 is 0 Å². The number of nitrogens with one attached hydrogen (secondary N) is 1. The largest absolute Gasteiger partial charge is 0.494 e. The van der Waals surface area contributed by atoms with Gasteiger partial charge < -0.3 is 19.5 Å². The molecule has 1 aliphatic rings. The maximum Gasteiger partial charge on any atom is 0.251 e. The average Bonchev–Trinajstić information content (AvgIpc) is 3.11. The Morgan fingerprint density at radius 1 is 1.38 bits per heavy atom. The molecule has 1 fully saturated rings. The third-order valence-corrected chi connectivity index (χ3v) is 4.04. The van der Waals surface area contributed by atoms with Crippen molar-refractivity contribution in [2.24, 2.45) is 0 Å². The molecule has 0 unspecified atom stereocenters. The molecular weight excluding hydrogens is 306 g/mol. The van der Waals surface area contributed by atoms with Crippen LogP contribution < -0.4 is 10.1 Å². The zero-order chi connectivity index (χ0) is 17.2. The highest BCUT2D eigenvalue weighted by Crippen LogP contribution is 2.22. The van der Waals surface area contributed by atoms with Gasteiger partial charge in [-0.05, 0) is 44.4 Å². The van der Waals surface area contributed by atoms with Gasteiger partial charge in [0, 0.05) is 30.9 Å². The predicted octanol–water partition coefficient (Wildman–Crippen LogP) is 3.31. The molecule has 1 atom stereocenters. The molecule has 1 saturated heterocycles. The van der Waals surface area contributed by atoms with Crippen LogP contribution in [0.3, 0.4) is 0 Å². The van der Waals surface area contributed by atoms with Crippen molar-refractivity contribution in [3.8, 4) is 5.75 Å². The Labute approximate surface area is 144 Å². The molecule has 5 nitrogen and oxygen atoms in total. The number of amides is 1. The monoisotopic (exact) mass is 335 g/mol. The minimum absolute atomic E-state index is 0.0802. The van der Waals surface area contributed by atoms with Crippen LogP contribution in [0, 0.1) is 0 Å². The summed E-state index contributed by atoms with van der Waals surface area (Å²) in [5, 5.41) is 2.95. The van der Waals surface area contributed by atoms with Gasteiger partial charge in [-0.3, -0.25) is 4.79 Å². The Kier molecular flexibility index (Phi) is 8.05. The summed E-state index contributed by atoms with van der Waals surface area (Å²) in [7, 11) is 0. The molecule has 1 amide bonds. The van der Waals surface area contributed by atoms with E-state index in [4.69, 9.17) is 14.2 Å². The van der Waals surface area contributed by atoms with Gasteiger partial charge in [-0.1, -0.05) is 13.3 Å².